The smallest absolute Gasteiger partial charge is 0.118 e. The molecule has 0 heterocycles. The zero-order valence-electron chi connectivity index (χ0n) is 13.9. The van der Waals surface area contributed by atoms with E-state index in [1.54, 1.807) is 0 Å². The van der Waals surface area contributed by atoms with Gasteiger partial charge in [-0.1, -0.05) is 103 Å². The molecule has 0 spiro atoms. The minimum absolute atomic E-state index is 0.107. The highest BCUT2D eigenvalue weighted by Gasteiger charge is 2.36. The van der Waals surface area contributed by atoms with Gasteiger partial charge in [-0.25, -0.2) is 0 Å². The molecule has 0 saturated heterocycles. The van der Waals surface area contributed by atoms with E-state index in [2.05, 4.69) is 42.5 Å². The van der Waals surface area contributed by atoms with Crippen molar-refractivity contribution in [3.8, 4) is 11.1 Å². The highest BCUT2D eigenvalue weighted by molar-refractivity contribution is 5.63. The van der Waals surface area contributed by atoms with Crippen LogP contribution >= 0.6 is 0 Å². The van der Waals surface area contributed by atoms with E-state index >= 15 is 0 Å². The van der Waals surface area contributed by atoms with Crippen LogP contribution in [0.4, 0.5) is 0 Å². The van der Waals surface area contributed by atoms with Gasteiger partial charge in [-0.15, -0.1) is 0 Å². The van der Waals surface area contributed by atoms with Crippen LogP contribution in [0, 0.1) is 0 Å². The molecular weight excluding hydrogens is 304 g/mol. The number of benzene rings is 3. The topological polar surface area (TPSA) is 20.2 Å². The van der Waals surface area contributed by atoms with Crippen molar-refractivity contribution in [3.63, 3.8) is 0 Å². The molecule has 1 nitrogen and oxygen atoms in total. The fourth-order valence-electron chi connectivity index (χ4n) is 3.49. The highest BCUT2D eigenvalue weighted by atomic mass is 16.3. The van der Waals surface area contributed by atoms with Crippen LogP contribution in [0.3, 0.4) is 0 Å². The van der Waals surface area contributed by atoms with Crippen LogP contribution < -0.4 is 0 Å². The Hall–Kier alpha value is -2.90. The molecule has 2 unspecified atom stereocenters. The largest absolute Gasteiger partial charge is 0.380 e. The second kappa shape index (κ2) is 6.54. The van der Waals surface area contributed by atoms with E-state index in [0.29, 0.717) is 0 Å². The molecule has 1 heteroatoms. The van der Waals surface area contributed by atoms with Gasteiger partial charge in [0, 0.05) is 5.92 Å². The molecule has 0 bridgehead atoms. The highest BCUT2D eigenvalue weighted by Crippen LogP contribution is 2.41. The summed E-state index contributed by atoms with van der Waals surface area (Å²) in [5.41, 5.74) is 3.37. The zero-order valence-corrected chi connectivity index (χ0v) is 13.9. The second-order valence-electron chi connectivity index (χ2n) is 6.40. The molecule has 4 rings (SSSR count). The molecule has 1 aliphatic carbocycles. The van der Waals surface area contributed by atoms with Crippen molar-refractivity contribution in [1.82, 2.24) is 0 Å². The van der Waals surface area contributed by atoms with Crippen LogP contribution in [-0.4, -0.2) is 5.11 Å². The lowest BCUT2D eigenvalue weighted by molar-refractivity contribution is 0.0721. The molecule has 1 N–H and O–H groups in total. The van der Waals surface area contributed by atoms with Crippen LogP contribution in [0.1, 0.15) is 17.0 Å². The van der Waals surface area contributed by atoms with Gasteiger partial charge in [0.2, 0.25) is 0 Å². The summed E-state index contributed by atoms with van der Waals surface area (Å²) in [5, 5.41) is 11.4. The standard InChI is InChI=1S/C24H20O/c25-24(22-11-5-2-6-12-22)18-8-7-13-23(24)21-16-14-20(15-17-21)19-9-3-1-4-10-19/h1-18,23,25H. The van der Waals surface area contributed by atoms with E-state index < -0.39 is 5.60 Å². The lowest BCUT2D eigenvalue weighted by atomic mass is 9.75. The van der Waals surface area contributed by atoms with Crippen molar-refractivity contribution >= 4 is 0 Å². The lowest BCUT2D eigenvalue weighted by Gasteiger charge is -2.34. The minimum Gasteiger partial charge on any atom is -0.380 e. The van der Waals surface area contributed by atoms with Gasteiger partial charge in [-0.3, -0.25) is 0 Å². The van der Waals surface area contributed by atoms with Crippen molar-refractivity contribution in [1.29, 1.82) is 0 Å². The third-order valence-corrected chi connectivity index (χ3v) is 4.85. The van der Waals surface area contributed by atoms with E-state index in [4.69, 9.17) is 0 Å². The average molecular weight is 324 g/mol. The van der Waals surface area contributed by atoms with Crippen molar-refractivity contribution in [3.05, 3.63) is 120 Å². The van der Waals surface area contributed by atoms with Crippen LogP contribution in [0.5, 0.6) is 0 Å². The van der Waals surface area contributed by atoms with E-state index in [9.17, 15) is 5.11 Å². The first-order valence-electron chi connectivity index (χ1n) is 8.57. The number of allylic oxidation sites excluding steroid dienone is 2. The molecule has 2 atom stereocenters. The summed E-state index contributed by atoms with van der Waals surface area (Å²) < 4.78 is 0. The fraction of sp³-hybridized carbons (Fsp3) is 0.0833. The summed E-state index contributed by atoms with van der Waals surface area (Å²) in [4.78, 5) is 0. The fourth-order valence-corrected chi connectivity index (χ4v) is 3.49. The Balaban J connectivity index is 1.70. The minimum atomic E-state index is -1.02. The van der Waals surface area contributed by atoms with E-state index in [0.717, 1.165) is 11.1 Å². The number of hydrogen-bond acceptors (Lipinski definition) is 1. The molecule has 0 aromatic heterocycles. The molecule has 3 aromatic rings. The van der Waals surface area contributed by atoms with E-state index in [1.165, 1.54) is 11.1 Å². The first-order chi connectivity index (χ1) is 12.3. The van der Waals surface area contributed by atoms with Gasteiger partial charge in [0.25, 0.3) is 0 Å². The van der Waals surface area contributed by atoms with Crippen molar-refractivity contribution in [2.24, 2.45) is 0 Å². The Morgan fingerprint density at radius 1 is 0.640 bits per heavy atom. The molecule has 122 valence electrons. The third kappa shape index (κ3) is 2.95. The Morgan fingerprint density at radius 3 is 1.92 bits per heavy atom. The summed E-state index contributed by atoms with van der Waals surface area (Å²) in [7, 11) is 0. The van der Waals surface area contributed by atoms with Gasteiger partial charge < -0.3 is 5.11 Å². The Morgan fingerprint density at radius 2 is 1.24 bits per heavy atom. The number of aliphatic hydroxyl groups is 1. The first-order valence-corrected chi connectivity index (χ1v) is 8.57. The molecule has 25 heavy (non-hydrogen) atoms. The Bertz CT molecular complexity index is 892. The van der Waals surface area contributed by atoms with Crippen LogP contribution in [0.15, 0.2) is 109 Å². The van der Waals surface area contributed by atoms with Crippen LogP contribution in [0.25, 0.3) is 11.1 Å². The molecule has 0 saturated carbocycles. The van der Waals surface area contributed by atoms with E-state index in [-0.39, 0.29) is 5.92 Å². The maximum Gasteiger partial charge on any atom is 0.118 e. The first kappa shape index (κ1) is 15.6. The molecule has 0 aliphatic heterocycles. The molecule has 0 radical (unpaired) electrons. The summed E-state index contributed by atoms with van der Waals surface area (Å²) in [6.07, 6.45) is 7.89. The summed E-state index contributed by atoms with van der Waals surface area (Å²) in [5.74, 6) is -0.107. The molecular formula is C24H20O. The summed E-state index contributed by atoms with van der Waals surface area (Å²) in [6.45, 7) is 0. The van der Waals surface area contributed by atoms with Gasteiger partial charge >= 0.3 is 0 Å². The van der Waals surface area contributed by atoms with Gasteiger partial charge in [-0.05, 0) is 28.3 Å². The average Bonchev–Trinajstić information content (AvgIpc) is 2.70. The van der Waals surface area contributed by atoms with E-state index in [1.807, 2.05) is 66.8 Å². The lowest BCUT2D eigenvalue weighted by Crippen LogP contribution is -2.31. The summed E-state index contributed by atoms with van der Waals surface area (Å²) >= 11 is 0. The maximum atomic E-state index is 11.4. The molecule has 1 aliphatic rings. The van der Waals surface area contributed by atoms with Crippen LogP contribution in [-0.2, 0) is 5.60 Å². The second-order valence-corrected chi connectivity index (χ2v) is 6.40. The summed E-state index contributed by atoms with van der Waals surface area (Å²) in [6, 6.07) is 28.7. The van der Waals surface area contributed by atoms with Crippen LogP contribution in [0.2, 0.25) is 0 Å². The van der Waals surface area contributed by atoms with Gasteiger partial charge in [0.15, 0.2) is 0 Å². The van der Waals surface area contributed by atoms with Gasteiger partial charge in [0.05, 0.1) is 0 Å². The number of rotatable bonds is 3. The third-order valence-electron chi connectivity index (χ3n) is 4.85. The SMILES string of the molecule is OC1(c2ccccc2)C=CC=CC1c1ccc(-c2ccccc2)cc1. The normalized spacial score (nSPS) is 22.0. The van der Waals surface area contributed by atoms with Crippen molar-refractivity contribution in [2.75, 3.05) is 0 Å². The predicted molar refractivity (Wildman–Crippen MR) is 103 cm³/mol. The predicted octanol–water partition coefficient (Wildman–Crippen LogP) is 5.45. The Labute approximate surface area is 148 Å². The van der Waals surface area contributed by atoms with Gasteiger partial charge in [-0.2, -0.15) is 0 Å². The zero-order chi connectivity index (χ0) is 17.1. The van der Waals surface area contributed by atoms with Crippen molar-refractivity contribution < 1.29 is 5.11 Å². The monoisotopic (exact) mass is 324 g/mol. The molecule has 0 amide bonds. The van der Waals surface area contributed by atoms with Crippen molar-refractivity contribution in [2.45, 2.75) is 11.5 Å². The number of hydrogen-bond donors (Lipinski definition) is 1. The maximum absolute atomic E-state index is 11.4. The molecule has 0 fully saturated rings. The molecule has 3 aromatic carbocycles. The quantitative estimate of drug-likeness (QED) is 0.679. The Kier molecular flexibility index (Phi) is 4.09. The van der Waals surface area contributed by atoms with Gasteiger partial charge in [0.1, 0.15) is 5.60 Å².